The van der Waals surface area contributed by atoms with Crippen molar-refractivity contribution in [3.8, 4) is 0 Å². The van der Waals surface area contributed by atoms with Gasteiger partial charge in [0.1, 0.15) is 5.69 Å². The van der Waals surface area contributed by atoms with Crippen LogP contribution in [0.3, 0.4) is 0 Å². The van der Waals surface area contributed by atoms with E-state index < -0.39 is 4.92 Å². The Labute approximate surface area is 102 Å². The number of benzene rings is 1. The molecule has 1 N–H and O–H groups in total. The second kappa shape index (κ2) is 4.80. The highest BCUT2D eigenvalue weighted by Gasteiger charge is 2.19. The second-order valence-corrected chi connectivity index (χ2v) is 3.60. The zero-order valence-corrected chi connectivity index (χ0v) is 9.39. The Bertz CT molecular complexity index is 546. The number of para-hydroxylation sites is 1. The quantitative estimate of drug-likeness (QED) is 0.514. The normalized spacial score (nSPS) is 9.94. The molecule has 0 saturated heterocycles. The van der Waals surface area contributed by atoms with Gasteiger partial charge < -0.3 is 5.32 Å². The minimum absolute atomic E-state index is 0.129. The topological polar surface area (TPSA) is 68.1 Å². The van der Waals surface area contributed by atoms with Crippen molar-refractivity contribution in [3.05, 3.63) is 57.9 Å². The number of aromatic nitrogens is 1. The van der Waals surface area contributed by atoms with E-state index >= 15 is 0 Å². The Morgan fingerprint density at radius 1 is 1.24 bits per heavy atom. The molecule has 0 aliphatic heterocycles. The average molecular weight is 250 g/mol. The molecule has 0 bridgehead atoms. The zero-order valence-electron chi connectivity index (χ0n) is 8.63. The third kappa shape index (κ3) is 2.51. The molecule has 17 heavy (non-hydrogen) atoms. The number of nitro groups is 1. The molecule has 0 unspecified atom stereocenters. The van der Waals surface area contributed by atoms with Crippen LogP contribution in [0.2, 0.25) is 5.15 Å². The van der Waals surface area contributed by atoms with Crippen molar-refractivity contribution < 1.29 is 4.92 Å². The number of nitrogens with zero attached hydrogens (tertiary/aromatic N) is 2. The predicted molar refractivity (Wildman–Crippen MR) is 65.6 cm³/mol. The molecule has 5 nitrogen and oxygen atoms in total. The monoisotopic (exact) mass is 249 g/mol. The van der Waals surface area contributed by atoms with Gasteiger partial charge in [-0.15, -0.1) is 0 Å². The number of nitrogens with one attached hydrogen (secondary N) is 1. The molecule has 0 spiro atoms. The average Bonchev–Trinajstić information content (AvgIpc) is 2.30. The first-order valence-electron chi connectivity index (χ1n) is 4.79. The largest absolute Gasteiger partial charge is 0.350 e. The molecule has 6 heteroatoms. The van der Waals surface area contributed by atoms with E-state index in [-0.39, 0.29) is 10.8 Å². The fourth-order valence-corrected chi connectivity index (χ4v) is 1.61. The Morgan fingerprint density at radius 3 is 2.59 bits per heavy atom. The van der Waals surface area contributed by atoms with Gasteiger partial charge in [0.25, 0.3) is 0 Å². The van der Waals surface area contributed by atoms with Crippen molar-refractivity contribution in [2.24, 2.45) is 0 Å². The number of halogens is 1. The van der Waals surface area contributed by atoms with E-state index in [1.807, 2.05) is 18.2 Å². The lowest BCUT2D eigenvalue weighted by Crippen LogP contribution is -1.98. The summed E-state index contributed by atoms with van der Waals surface area (Å²) in [6.45, 7) is 0. The van der Waals surface area contributed by atoms with E-state index in [1.165, 1.54) is 12.3 Å². The van der Waals surface area contributed by atoms with Crippen molar-refractivity contribution in [1.82, 2.24) is 4.98 Å². The lowest BCUT2D eigenvalue weighted by molar-refractivity contribution is -0.384. The number of hydrogen-bond donors (Lipinski definition) is 1. The van der Waals surface area contributed by atoms with Crippen LogP contribution < -0.4 is 5.32 Å². The van der Waals surface area contributed by atoms with Crippen LogP contribution in [0.1, 0.15) is 0 Å². The van der Waals surface area contributed by atoms with Crippen molar-refractivity contribution in [2.75, 3.05) is 5.32 Å². The summed E-state index contributed by atoms with van der Waals surface area (Å²) in [4.78, 5) is 14.0. The van der Waals surface area contributed by atoms with E-state index in [0.29, 0.717) is 5.69 Å². The molecule has 86 valence electrons. The molecule has 1 aromatic heterocycles. The van der Waals surface area contributed by atoms with Gasteiger partial charge in [-0.2, -0.15) is 0 Å². The maximum absolute atomic E-state index is 10.9. The molecule has 0 amide bonds. The van der Waals surface area contributed by atoms with Crippen molar-refractivity contribution in [3.63, 3.8) is 0 Å². The van der Waals surface area contributed by atoms with Gasteiger partial charge in [0, 0.05) is 11.9 Å². The first kappa shape index (κ1) is 11.3. The van der Waals surface area contributed by atoms with Gasteiger partial charge in [0.2, 0.25) is 5.15 Å². The van der Waals surface area contributed by atoms with E-state index in [9.17, 15) is 10.1 Å². The maximum atomic E-state index is 10.9. The summed E-state index contributed by atoms with van der Waals surface area (Å²) in [5.74, 6) is 0. The van der Waals surface area contributed by atoms with Crippen LogP contribution >= 0.6 is 11.6 Å². The summed E-state index contributed by atoms with van der Waals surface area (Å²) >= 11 is 5.70. The lowest BCUT2D eigenvalue weighted by Gasteiger charge is -2.06. The highest BCUT2D eigenvalue weighted by atomic mass is 35.5. The third-order valence-corrected chi connectivity index (χ3v) is 2.39. The van der Waals surface area contributed by atoms with Gasteiger partial charge in [-0.3, -0.25) is 10.1 Å². The molecule has 0 saturated carbocycles. The maximum Gasteiger partial charge on any atom is 0.329 e. The summed E-state index contributed by atoms with van der Waals surface area (Å²) < 4.78 is 0. The Kier molecular flexibility index (Phi) is 3.20. The molecule has 0 fully saturated rings. The van der Waals surface area contributed by atoms with E-state index in [4.69, 9.17) is 11.6 Å². The van der Waals surface area contributed by atoms with Crippen LogP contribution in [-0.2, 0) is 0 Å². The van der Waals surface area contributed by atoms with Gasteiger partial charge in [0.05, 0.1) is 4.92 Å². The van der Waals surface area contributed by atoms with E-state index in [0.717, 1.165) is 5.69 Å². The van der Waals surface area contributed by atoms with Crippen molar-refractivity contribution >= 4 is 28.7 Å². The summed E-state index contributed by atoms with van der Waals surface area (Å²) in [6, 6.07) is 10.6. The number of anilines is 2. The fourth-order valence-electron chi connectivity index (χ4n) is 1.38. The van der Waals surface area contributed by atoms with Gasteiger partial charge in [-0.1, -0.05) is 29.8 Å². The fraction of sp³-hybridized carbons (Fsp3) is 0. The summed E-state index contributed by atoms with van der Waals surface area (Å²) in [7, 11) is 0. The number of hydrogen-bond acceptors (Lipinski definition) is 4. The molecule has 0 aliphatic rings. The second-order valence-electron chi connectivity index (χ2n) is 3.25. The van der Waals surface area contributed by atoms with Crippen LogP contribution in [0.4, 0.5) is 17.1 Å². The molecular weight excluding hydrogens is 242 g/mol. The van der Waals surface area contributed by atoms with Crippen LogP contribution in [0, 0.1) is 10.1 Å². The predicted octanol–water partition coefficient (Wildman–Crippen LogP) is 3.39. The van der Waals surface area contributed by atoms with Crippen LogP contribution in [-0.4, -0.2) is 9.91 Å². The first-order valence-corrected chi connectivity index (χ1v) is 5.17. The lowest BCUT2D eigenvalue weighted by atomic mass is 10.3. The smallest absolute Gasteiger partial charge is 0.329 e. The highest BCUT2D eigenvalue weighted by molar-refractivity contribution is 6.32. The summed E-state index contributed by atoms with van der Waals surface area (Å²) in [5.41, 5.74) is 0.845. The standard InChI is InChI=1S/C11H8ClN3O2/c12-11-10(15(16)17)9(6-7-13-11)14-8-4-2-1-3-5-8/h1-7H,(H,13,14). The van der Waals surface area contributed by atoms with Gasteiger partial charge >= 0.3 is 5.69 Å². The zero-order chi connectivity index (χ0) is 12.3. The number of rotatable bonds is 3. The molecule has 2 aromatic rings. The molecule has 0 radical (unpaired) electrons. The number of pyridine rings is 1. The molecular formula is C11H8ClN3O2. The molecule has 0 aliphatic carbocycles. The third-order valence-electron chi connectivity index (χ3n) is 2.11. The SMILES string of the molecule is O=[N+]([O-])c1c(Nc2ccccc2)ccnc1Cl. The van der Waals surface area contributed by atoms with E-state index in [1.54, 1.807) is 12.1 Å². The molecule has 1 aromatic carbocycles. The summed E-state index contributed by atoms with van der Waals surface area (Å²) in [6.07, 6.45) is 1.42. The first-order chi connectivity index (χ1) is 8.18. The summed E-state index contributed by atoms with van der Waals surface area (Å²) in [5, 5.41) is 13.7. The van der Waals surface area contributed by atoms with Crippen LogP contribution in [0.25, 0.3) is 0 Å². The highest BCUT2D eigenvalue weighted by Crippen LogP contribution is 2.32. The van der Waals surface area contributed by atoms with Crippen molar-refractivity contribution in [1.29, 1.82) is 0 Å². The van der Waals surface area contributed by atoms with Crippen molar-refractivity contribution in [2.45, 2.75) is 0 Å². The van der Waals surface area contributed by atoms with Crippen LogP contribution in [0.15, 0.2) is 42.6 Å². The molecule has 2 rings (SSSR count). The Balaban J connectivity index is 2.40. The molecule has 1 heterocycles. The van der Waals surface area contributed by atoms with Gasteiger partial charge in [-0.05, 0) is 18.2 Å². The van der Waals surface area contributed by atoms with Crippen LogP contribution in [0.5, 0.6) is 0 Å². The van der Waals surface area contributed by atoms with Gasteiger partial charge in [-0.25, -0.2) is 4.98 Å². The van der Waals surface area contributed by atoms with E-state index in [2.05, 4.69) is 10.3 Å². The molecule has 0 atom stereocenters. The Morgan fingerprint density at radius 2 is 1.94 bits per heavy atom. The Hall–Kier alpha value is -2.14. The minimum atomic E-state index is -0.555. The minimum Gasteiger partial charge on any atom is -0.350 e. The van der Waals surface area contributed by atoms with Gasteiger partial charge in [0.15, 0.2) is 0 Å².